The van der Waals surface area contributed by atoms with E-state index in [2.05, 4.69) is 98.9 Å². The Morgan fingerprint density at radius 3 is 1.54 bits per heavy atom. The van der Waals surface area contributed by atoms with Gasteiger partial charge in [0.1, 0.15) is 0 Å². The third-order valence-corrected chi connectivity index (χ3v) is 7.22. The maximum absolute atomic E-state index is 2.44. The monoisotopic (exact) mass is 332 g/mol. The number of rotatable bonds is 0. The number of fused-ring (bicyclic) bond motifs is 4. The van der Waals surface area contributed by atoms with Crippen LogP contribution in [0, 0.1) is 10.8 Å². The van der Waals surface area contributed by atoms with Crippen molar-refractivity contribution in [1.82, 2.24) is 0 Å². The summed E-state index contributed by atoms with van der Waals surface area (Å²) < 4.78 is 0. The van der Waals surface area contributed by atoms with Crippen LogP contribution in [0.2, 0.25) is 0 Å². The second-order valence-electron chi connectivity index (χ2n) is 8.12. The van der Waals surface area contributed by atoms with Gasteiger partial charge in [0.15, 0.2) is 0 Å². The van der Waals surface area contributed by atoms with Crippen LogP contribution < -0.4 is 0 Å². The summed E-state index contributed by atoms with van der Waals surface area (Å²) >= 11 is 0. The quantitative estimate of drug-likeness (QED) is 0.507. The van der Waals surface area contributed by atoms with Gasteiger partial charge in [0, 0.05) is 10.8 Å². The Kier molecular flexibility index (Phi) is 2.45. The number of hydrogen-bond donors (Lipinski definition) is 0. The highest BCUT2D eigenvalue weighted by molar-refractivity contribution is 6.01. The van der Waals surface area contributed by atoms with Crippen LogP contribution in [0.1, 0.15) is 25.0 Å². The maximum Gasteiger partial charge on any atom is 0.0315 e. The lowest BCUT2D eigenvalue weighted by Gasteiger charge is -2.58. The molecule has 2 aromatic carbocycles. The van der Waals surface area contributed by atoms with Gasteiger partial charge in [-0.15, -0.1) is 0 Å². The van der Waals surface area contributed by atoms with Gasteiger partial charge >= 0.3 is 0 Å². The first-order chi connectivity index (χ1) is 12.6. The molecule has 0 heterocycles. The molecule has 0 aromatic heterocycles. The van der Waals surface area contributed by atoms with E-state index in [1.165, 1.54) is 44.2 Å². The van der Waals surface area contributed by atoms with E-state index in [0.29, 0.717) is 0 Å². The molecule has 0 N–H and O–H groups in total. The van der Waals surface area contributed by atoms with Gasteiger partial charge in [-0.05, 0) is 56.3 Å². The fraction of sp³-hybridized carbons (Fsp3) is 0.154. The van der Waals surface area contributed by atoms with Gasteiger partial charge in [-0.25, -0.2) is 0 Å². The molecule has 2 aromatic rings. The van der Waals surface area contributed by atoms with Crippen LogP contribution in [-0.4, -0.2) is 0 Å². The predicted octanol–water partition coefficient (Wildman–Crippen LogP) is 6.64. The molecule has 0 aliphatic heterocycles. The molecule has 0 bridgehead atoms. The minimum Gasteiger partial charge on any atom is -0.0616 e. The van der Waals surface area contributed by atoms with E-state index in [1.807, 2.05) is 0 Å². The SMILES string of the molecule is C[C@@]12C3=CC=C4C=CC=C(c5cc6ccccc6cc5C1=CC=C3)[C@@]42C. The third kappa shape index (κ3) is 1.40. The number of hydrogen-bond acceptors (Lipinski definition) is 0. The Hall–Kier alpha value is -2.86. The zero-order chi connectivity index (χ0) is 17.5. The summed E-state index contributed by atoms with van der Waals surface area (Å²) in [4.78, 5) is 0. The molecule has 4 aliphatic carbocycles. The highest BCUT2D eigenvalue weighted by atomic mass is 14.6. The van der Waals surface area contributed by atoms with Crippen LogP contribution in [0.3, 0.4) is 0 Å². The third-order valence-electron chi connectivity index (χ3n) is 7.22. The van der Waals surface area contributed by atoms with Gasteiger partial charge in [0.05, 0.1) is 0 Å². The van der Waals surface area contributed by atoms with Crippen molar-refractivity contribution in [3.8, 4) is 0 Å². The molecule has 0 heteroatoms. The Morgan fingerprint density at radius 1 is 0.615 bits per heavy atom. The summed E-state index contributed by atoms with van der Waals surface area (Å²) in [5, 5.41) is 2.64. The minimum absolute atomic E-state index is 0.0299. The van der Waals surface area contributed by atoms with E-state index in [4.69, 9.17) is 0 Å². The van der Waals surface area contributed by atoms with Crippen molar-refractivity contribution in [1.29, 1.82) is 0 Å². The Labute approximate surface area is 154 Å². The van der Waals surface area contributed by atoms with Crippen LogP contribution in [0.5, 0.6) is 0 Å². The summed E-state index contributed by atoms with van der Waals surface area (Å²) in [6.07, 6.45) is 18.4. The fourth-order valence-corrected chi connectivity index (χ4v) is 5.62. The molecule has 0 saturated carbocycles. The molecule has 0 nitrogen and oxygen atoms in total. The molecule has 6 rings (SSSR count). The van der Waals surface area contributed by atoms with Gasteiger partial charge in [-0.2, -0.15) is 0 Å². The molecular formula is C26H20. The van der Waals surface area contributed by atoms with Crippen molar-refractivity contribution >= 4 is 21.9 Å². The molecule has 0 radical (unpaired) electrons. The molecule has 0 unspecified atom stereocenters. The van der Waals surface area contributed by atoms with Crippen molar-refractivity contribution in [2.24, 2.45) is 10.8 Å². The van der Waals surface area contributed by atoms with Crippen LogP contribution in [0.15, 0.2) is 96.2 Å². The first-order valence-electron chi connectivity index (χ1n) is 9.38. The predicted molar refractivity (Wildman–Crippen MR) is 111 cm³/mol. The minimum atomic E-state index is -0.0299. The molecule has 2 atom stereocenters. The molecule has 0 saturated heterocycles. The van der Waals surface area contributed by atoms with Gasteiger partial charge in [-0.3, -0.25) is 0 Å². The molecule has 26 heavy (non-hydrogen) atoms. The highest BCUT2D eigenvalue weighted by Crippen LogP contribution is 2.69. The van der Waals surface area contributed by atoms with Crippen molar-refractivity contribution < 1.29 is 0 Å². The van der Waals surface area contributed by atoms with Crippen molar-refractivity contribution in [3.63, 3.8) is 0 Å². The zero-order valence-corrected chi connectivity index (χ0v) is 15.1. The fourth-order valence-electron chi connectivity index (χ4n) is 5.62. The van der Waals surface area contributed by atoms with E-state index >= 15 is 0 Å². The Balaban J connectivity index is 1.82. The summed E-state index contributed by atoms with van der Waals surface area (Å²) in [5.74, 6) is 0. The summed E-state index contributed by atoms with van der Waals surface area (Å²) in [6.45, 7) is 4.87. The zero-order valence-electron chi connectivity index (χ0n) is 15.1. The van der Waals surface area contributed by atoms with Crippen LogP contribution in [0.4, 0.5) is 0 Å². The van der Waals surface area contributed by atoms with Crippen molar-refractivity contribution in [2.75, 3.05) is 0 Å². The first-order valence-corrected chi connectivity index (χ1v) is 9.38. The maximum atomic E-state index is 2.44. The number of allylic oxidation sites excluding steroid dienone is 12. The van der Waals surface area contributed by atoms with Crippen LogP contribution in [-0.2, 0) is 0 Å². The molecule has 124 valence electrons. The summed E-state index contributed by atoms with van der Waals surface area (Å²) in [5.41, 5.74) is 8.46. The first kappa shape index (κ1) is 14.3. The number of benzene rings is 2. The molecule has 0 fully saturated rings. The highest BCUT2D eigenvalue weighted by Gasteiger charge is 2.58. The Morgan fingerprint density at radius 2 is 1.08 bits per heavy atom. The lowest BCUT2D eigenvalue weighted by Crippen LogP contribution is -2.47. The van der Waals surface area contributed by atoms with E-state index in [1.54, 1.807) is 0 Å². The average Bonchev–Trinajstić information content (AvgIpc) is 2.66. The van der Waals surface area contributed by atoms with Crippen molar-refractivity contribution in [2.45, 2.75) is 13.8 Å². The van der Waals surface area contributed by atoms with Gasteiger partial charge in [0.25, 0.3) is 0 Å². The molecule has 0 amide bonds. The second kappa shape index (κ2) is 4.45. The van der Waals surface area contributed by atoms with E-state index in [9.17, 15) is 0 Å². The van der Waals surface area contributed by atoms with E-state index < -0.39 is 0 Å². The summed E-state index contributed by atoms with van der Waals surface area (Å²) in [6, 6.07) is 13.5. The Bertz CT molecular complexity index is 1100. The standard InChI is InChI=1S/C26H20/c1-25-19-9-5-11-23(25)21-15-17-7-3-4-8-18(17)16-22(21)24-12-6-10-20(14-13-19)26(24,25)2/h3-16H,1-2H3/t25-,26-/m1/s1. The second-order valence-corrected chi connectivity index (χ2v) is 8.12. The molecule has 0 spiro atoms. The molecular weight excluding hydrogens is 312 g/mol. The van der Waals surface area contributed by atoms with E-state index in [-0.39, 0.29) is 10.8 Å². The topological polar surface area (TPSA) is 0 Å². The lowest BCUT2D eigenvalue weighted by atomic mass is 9.44. The normalized spacial score (nSPS) is 30.1. The molecule has 4 aliphatic rings. The van der Waals surface area contributed by atoms with Gasteiger partial charge < -0.3 is 0 Å². The largest absolute Gasteiger partial charge is 0.0616 e. The van der Waals surface area contributed by atoms with Gasteiger partial charge in [-0.1, -0.05) is 86.7 Å². The summed E-state index contributed by atoms with van der Waals surface area (Å²) in [7, 11) is 0. The van der Waals surface area contributed by atoms with Crippen molar-refractivity contribution in [3.05, 3.63) is 107 Å². The van der Waals surface area contributed by atoms with E-state index in [0.717, 1.165) is 0 Å². The average molecular weight is 332 g/mol. The lowest BCUT2D eigenvalue weighted by molar-refractivity contribution is 0.303. The van der Waals surface area contributed by atoms with Crippen LogP contribution in [0.25, 0.3) is 21.9 Å². The van der Waals surface area contributed by atoms with Crippen LogP contribution >= 0.6 is 0 Å². The van der Waals surface area contributed by atoms with Gasteiger partial charge in [0.2, 0.25) is 0 Å². The smallest absolute Gasteiger partial charge is 0.0315 e.